The summed E-state index contributed by atoms with van der Waals surface area (Å²) < 4.78 is 7.10. The topological polar surface area (TPSA) is 47.0 Å². The minimum Gasteiger partial charge on any atom is -0.372 e. The zero-order chi connectivity index (χ0) is 15.0. The van der Waals surface area contributed by atoms with Gasteiger partial charge in [-0.25, -0.2) is 9.97 Å². The zero-order valence-corrected chi connectivity index (χ0v) is 15.2. The molecule has 1 N–H and O–H groups in total. The molecule has 2 heterocycles. The third-order valence-corrected chi connectivity index (χ3v) is 4.76. The summed E-state index contributed by atoms with van der Waals surface area (Å²) in [5.74, 6) is 1.71. The summed E-state index contributed by atoms with van der Waals surface area (Å²) in [6.07, 6.45) is 3.29. The van der Waals surface area contributed by atoms with Gasteiger partial charge >= 0.3 is 0 Å². The van der Waals surface area contributed by atoms with Crippen molar-refractivity contribution in [3.8, 4) is 0 Å². The van der Waals surface area contributed by atoms with Crippen LogP contribution in [0.4, 0.5) is 5.82 Å². The fourth-order valence-electron chi connectivity index (χ4n) is 2.46. The second-order valence-electron chi connectivity index (χ2n) is 6.59. The van der Waals surface area contributed by atoms with Crippen LogP contribution in [-0.4, -0.2) is 23.6 Å². The summed E-state index contributed by atoms with van der Waals surface area (Å²) >= 11 is 2.33. The van der Waals surface area contributed by atoms with E-state index < -0.39 is 0 Å². The van der Waals surface area contributed by atoms with Crippen molar-refractivity contribution < 1.29 is 4.74 Å². The summed E-state index contributed by atoms with van der Waals surface area (Å²) in [4.78, 5) is 9.57. The van der Waals surface area contributed by atoms with E-state index in [-0.39, 0.29) is 11.0 Å². The maximum absolute atomic E-state index is 6.00. The quantitative estimate of drug-likeness (QED) is 0.781. The first-order valence-corrected chi connectivity index (χ1v) is 8.26. The molecule has 0 aromatic carbocycles. The van der Waals surface area contributed by atoms with Crippen LogP contribution in [0.15, 0.2) is 0 Å². The summed E-state index contributed by atoms with van der Waals surface area (Å²) in [5.41, 5.74) is 0.724. The lowest BCUT2D eigenvalue weighted by Crippen LogP contribution is -2.34. The van der Waals surface area contributed by atoms with E-state index in [4.69, 9.17) is 14.7 Å². The van der Waals surface area contributed by atoms with E-state index >= 15 is 0 Å². The molecule has 1 aromatic heterocycles. The normalized spacial score (nSPS) is 23.7. The number of hydrogen-bond donors (Lipinski definition) is 1. The lowest BCUT2D eigenvalue weighted by atomic mass is 9.90. The second-order valence-corrected chi connectivity index (χ2v) is 7.67. The molecule has 0 radical (unpaired) electrons. The van der Waals surface area contributed by atoms with Gasteiger partial charge in [0.2, 0.25) is 0 Å². The lowest BCUT2D eigenvalue weighted by Gasteiger charge is -2.34. The van der Waals surface area contributed by atoms with Gasteiger partial charge in [0.15, 0.2) is 5.82 Å². The Morgan fingerprint density at radius 2 is 1.95 bits per heavy atom. The minimum absolute atomic E-state index is 0.00909. The number of nitrogens with zero attached hydrogens (tertiary/aromatic N) is 2. The minimum atomic E-state index is -0.353. The van der Waals surface area contributed by atoms with Crippen molar-refractivity contribution in [3.05, 3.63) is 15.1 Å². The van der Waals surface area contributed by atoms with E-state index in [9.17, 15) is 0 Å². The van der Waals surface area contributed by atoms with E-state index in [1.165, 1.54) is 6.42 Å². The molecule has 5 heteroatoms. The summed E-state index contributed by atoms with van der Waals surface area (Å²) in [6.45, 7) is 9.46. The van der Waals surface area contributed by atoms with Gasteiger partial charge in [-0.05, 0) is 48.8 Å². The number of ether oxygens (including phenoxy) is 1. The molecule has 0 spiro atoms. The Morgan fingerprint density at radius 1 is 1.25 bits per heavy atom. The highest BCUT2D eigenvalue weighted by molar-refractivity contribution is 14.1. The predicted octanol–water partition coefficient (Wildman–Crippen LogP) is 3.84. The highest BCUT2D eigenvalue weighted by Gasteiger charge is 2.35. The largest absolute Gasteiger partial charge is 0.372 e. The molecule has 1 atom stereocenters. The molecule has 0 saturated carbocycles. The van der Waals surface area contributed by atoms with Gasteiger partial charge < -0.3 is 10.1 Å². The number of hydrogen-bond acceptors (Lipinski definition) is 4. The van der Waals surface area contributed by atoms with Crippen molar-refractivity contribution in [1.82, 2.24) is 9.97 Å². The fraction of sp³-hybridized carbons (Fsp3) is 0.733. The second kappa shape index (κ2) is 5.75. The van der Waals surface area contributed by atoms with Crippen LogP contribution >= 0.6 is 22.6 Å². The Hall–Kier alpha value is -0.430. The van der Waals surface area contributed by atoms with E-state index in [0.29, 0.717) is 0 Å². The average Bonchev–Trinajstić information content (AvgIpc) is 2.38. The molecule has 0 aliphatic carbocycles. The van der Waals surface area contributed by atoms with E-state index in [1.807, 2.05) is 7.05 Å². The lowest BCUT2D eigenvalue weighted by molar-refractivity contribution is -0.0761. The highest BCUT2D eigenvalue weighted by Crippen LogP contribution is 2.36. The first kappa shape index (κ1) is 15.9. The van der Waals surface area contributed by atoms with Crippen LogP contribution in [-0.2, 0) is 15.8 Å². The molecular weight excluding hydrogens is 365 g/mol. The third-order valence-electron chi connectivity index (χ3n) is 3.74. The standard InChI is InChI=1S/C15H24IN3O/c1-14(2,3)11-10(16)12(17-5)19-13(18-11)15(4)8-6-7-9-20-15/h6-9H2,1-5H3,(H,17,18,19). The van der Waals surface area contributed by atoms with Crippen LogP contribution < -0.4 is 5.32 Å². The maximum Gasteiger partial charge on any atom is 0.162 e. The maximum atomic E-state index is 6.00. The van der Waals surface area contributed by atoms with Crippen LogP contribution in [0, 0.1) is 3.57 Å². The van der Waals surface area contributed by atoms with Crippen LogP contribution in [0.3, 0.4) is 0 Å². The number of halogens is 1. The van der Waals surface area contributed by atoms with Gasteiger partial charge in [-0.1, -0.05) is 20.8 Å². The predicted molar refractivity (Wildman–Crippen MR) is 90.2 cm³/mol. The molecule has 1 aromatic rings. The summed E-state index contributed by atoms with van der Waals surface area (Å²) in [5, 5.41) is 3.19. The zero-order valence-electron chi connectivity index (χ0n) is 13.0. The van der Waals surface area contributed by atoms with Crippen LogP contribution in [0.1, 0.15) is 58.5 Å². The Kier molecular flexibility index (Phi) is 4.59. The number of rotatable bonds is 2. The Balaban J connectivity index is 2.54. The molecule has 2 rings (SSSR count). The van der Waals surface area contributed by atoms with E-state index in [2.05, 4.69) is 55.6 Å². The number of anilines is 1. The molecule has 1 aliphatic heterocycles. The van der Waals surface area contributed by atoms with Gasteiger partial charge in [-0.3, -0.25) is 0 Å². The average molecular weight is 389 g/mol. The third kappa shape index (κ3) is 3.08. The monoisotopic (exact) mass is 389 g/mol. The molecule has 20 heavy (non-hydrogen) atoms. The number of nitrogens with one attached hydrogen (secondary N) is 1. The smallest absolute Gasteiger partial charge is 0.162 e. The van der Waals surface area contributed by atoms with Crippen molar-refractivity contribution in [2.24, 2.45) is 0 Å². The molecule has 1 saturated heterocycles. The van der Waals surface area contributed by atoms with Crippen molar-refractivity contribution in [3.63, 3.8) is 0 Å². The Bertz CT molecular complexity index is 491. The molecule has 0 bridgehead atoms. The molecule has 1 aliphatic rings. The van der Waals surface area contributed by atoms with Gasteiger partial charge in [-0.2, -0.15) is 0 Å². The summed E-state index contributed by atoms with van der Waals surface area (Å²) in [7, 11) is 1.91. The van der Waals surface area contributed by atoms with Gasteiger partial charge in [-0.15, -0.1) is 0 Å². The van der Waals surface area contributed by atoms with Gasteiger partial charge in [0.25, 0.3) is 0 Å². The molecule has 4 nitrogen and oxygen atoms in total. The Morgan fingerprint density at radius 3 is 2.45 bits per heavy atom. The van der Waals surface area contributed by atoms with E-state index in [1.54, 1.807) is 0 Å². The Labute approximate surface area is 135 Å². The molecular formula is C15H24IN3O. The van der Waals surface area contributed by atoms with Crippen molar-refractivity contribution in [2.45, 2.75) is 58.0 Å². The SMILES string of the molecule is CNc1nc(C2(C)CCCCO2)nc(C(C)(C)C)c1I. The van der Waals surface area contributed by atoms with Gasteiger partial charge in [0.05, 0.1) is 9.26 Å². The van der Waals surface area contributed by atoms with Crippen LogP contribution in [0.25, 0.3) is 0 Å². The van der Waals surface area contributed by atoms with Crippen LogP contribution in [0.2, 0.25) is 0 Å². The molecule has 1 unspecified atom stereocenters. The van der Waals surface area contributed by atoms with Crippen molar-refractivity contribution >= 4 is 28.4 Å². The first-order chi connectivity index (χ1) is 9.28. The summed E-state index contributed by atoms with van der Waals surface area (Å²) in [6, 6.07) is 0. The first-order valence-electron chi connectivity index (χ1n) is 7.18. The number of aromatic nitrogens is 2. The molecule has 1 fully saturated rings. The van der Waals surface area contributed by atoms with Crippen LogP contribution in [0.5, 0.6) is 0 Å². The fourth-order valence-corrected chi connectivity index (χ4v) is 3.78. The molecule has 112 valence electrons. The van der Waals surface area contributed by atoms with Gasteiger partial charge in [0, 0.05) is 19.1 Å². The van der Waals surface area contributed by atoms with Crippen molar-refractivity contribution in [2.75, 3.05) is 19.0 Å². The van der Waals surface area contributed by atoms with Gasteiger partial charge in [0.1, 0.15) is 11.4 Å². The molecule has 0 amide bonds. The van der Waals surface area contributed by atoms with Crippen molar-refractivity contribution in [1.29, 1.82) is 0 Å². The highest BCUT2D eigenvalue weighted by atomic mass is 127. The van der Waals surface area contributed by atoms with E-state index in [0.717, 1.165) is 40.4 Å².